The van der Waals surface area contributed by atoms with Gasteiger partial charge in [0.2, 0.25) is 0 Å². The predicted octanol–water partition coefficient (Wildman–Crippen LogP) is 4.94. The second kappa shape index (κ2) is 9.95. The molecule has 4 aromatic rings. The van der Waals surface area contributed by atoms with E-state index in [-0.39, 0.29) is 17.8 Å². The van der Waals surface area contributed by atoms with Crippen LogP contribution in [0.5, 0.6) is 0 Å². The Bertz CT molecular complexity index is 1390. The van der Waals surface area contributed by atoms with E-state index >= 15 is 0 Å². The third-order valence-corrected chi connectivity index (χ3v) is 6.91. The van der Waals surface area contributed by atoms with Gasteiger partial charge in [0.25, 0.3) is 11.6 Å². The van der Waals surface area contributed by atoms with Crippen LogP contribution >= 0.6 is 22.9 Å². The first-order valence-corrected chi connectivity index (χ1v) is 12.1. The molecule has 0 bridgehead atoms. The predicted molar refractivity (Wildman–Crippen MR) is 136 cm³/mol. The van der Waals surface area contributed by atoms with E-state index in [1.54, 1.807) is 42.6 Å². The molecule has 9 nitrogen and oxygen atoms in total. The molecule has 0 saturated carbocycles. The molecule has 11 heteroatoms. The smallest absolute Gasteiger partial charge is 0.293 e. The van der Waals surface area contributed by atoms with Crippen LogP contribution in [0.15, 0.2) is 60.8 Å². The van der Waals surface area contributed by atoms with Crippen molar-refractivity contribution in [2.24, 2.45) is 0 Å². The van der Waals surface area contributed by atoms with Gasteiger partial charge in [0, 0.05) is 35.9 Å². The molecule has 2 aromatic heterocycles. The maximum Gasteiger partial charge on any atom is 0.293 e. The lowest BCUT2D eigenvalue weighted by molar-refractivity contribution is -0.384. The Morgan fingerprint density at radius 3 is 2.74 bits per heavy atom. The first-order valence-electron chi connectivity index (χ1n) is 10.9. The minimum absolute atomic E-state index is 0.119. The van der Waals surface area contributed by atoms with Gasteiger partial charge in [0.1, 0.15) is 5.69 Å². The maximum absolute atomic E-state index is 13.7. The first kappa shape index (κ1) is 23.2. The van der Waals surface area contributed by atoms with Crippen molar-refractivity contribution in [3.05, 3.63) is 87.2 Å². The van der Waals surface area contributed by atoms with Crippen LogP contribution in [0.4, 0.5) is 16.5 Å². The number of nitro benzene ring substituents is 1. The number of carbonyl (C=O) groups is 1. The van der Waals surface area contributed by atoms with Crippen molar-refractivity contribution in [2.45, 2.75) is 6.54 Å². The Morgan fingerprint density at radius 2 is 2.00 bits per heavy atom. The van der Waals surface area contributed by atoms with E-state index in [9.17, 15) is 14.9 Å². The van der Waals surface area contributed by atoms with Crippen molar-refractivity contribution in [1.82, 2.24) is 9.97 Å². The number of amides is 1. The lowest BCUT2D eigenvalue weighted by Gasteiger charge is -2.28. The third kappa shape index (κ3) is 4.95. The van der Waals surface area contributed by atoms with Gasteiger partial charge < -0.3 is 9.64 Å². The molecule has 0 atom stereocenters. The lowest BCUT2D eigenvalue weighted by atomic mass is 10.1. The summed E-state index contributed by atoms with van der Waals surface area (Å²) in [6, 6.07) is 15.4. The van der Waals surface area contributed by atoms with Gasteiger partial charge in [-0.1, -0.05) is 29.0 Å². The number of fused-ring (bicyclic) bond motifs is 1. The molecule has 5 rings (SSSR count). The molecule has 178 valence electrons. The second-order valence-electron chi connectivity index (χ2n) is 7.88. The minimum Gasteiger partial charge on any atom is -0.378 e. The summed E-state index contributed by atoms with van der Waals surface area (Å²) in [4.78, 5) is 37.6. The largest absolute Gasteiger partial charge is 0.378 e. The molecule has 35 heavy (non-hydrogen) atoms. The number of hydrogen-bond donors (Lipinski definition) is 0. The highest BCUT2D eigenvalue weighted by Crippen LogP contribution is 2.34. The first-order chi connectivity index (χ1) is 17.0. The highest BCUT2D eigenvalue weighted by atomic mass is 35.5. The SMILES string of the molecule is O=C(c1ccc(N2CCOCC2)c([N+](=O)[O-])c1)N(Cc1ccccn1)c1nc2ccc(Cl)cc2s1. The fraction of sp³-hybridized carbons (Fsp3) is 0.208. The zero-order chi connectivity index (χ0) is 24.4. The van der Waals surface area contributed by atoms with Crippen LogP contribution in [0.2, 0.25) is 5.02 Å². The van der Waals surface area contributed by atoms with Crippen molar-refractivity contribution < 1.29 is 14.5 Å². The average Bonchev–Trinajstić information content (AvgIpc) is 3.30. The molecule has 3 heterocycles. The number of halogens is 1. The molecular weight excluding hydrogens is 490 g/mol. The van der Waals surface area contributed by atoms with E-state index in [0.29, 0.717) is 53.4 Å². The summed E-state index contributed by atoms with van der Waals surface area (Å²) < 4.78 is 6.19. The van der Waals surface area contributed by atoms with Crippen LogP contribution in [-0.2, 0) is 11.3 Å². The zero-order valence-electron chi connectivity index (χ0n) is 18.5. The van der Waals surface area contributed by atoms with Crippen LogP contribution in [0.3, 0.4) is 0 Å². The number of ether oxygens (including phenoxy) is 1. The summed E-state index contributed by atoms with van der Waals surface area (Å²) in [5.74, 6) is -0.405. The highest BCUT2D eigenvalue weighted by Gasteiger charge is 2.27. The summed E-state index contributed by atoms with van der Waals surface area (Å²) in [6.45, 7) is 2.25. The molecule has 2 aromatic carbocycles. The summed E-state index contributed by atoms with van der Waals surface area (Å²) in [6.07, 6.45) is 1.65. The summed E-state index contributed by atoms with van der Waals surface area (Å²) >= 11 is 7.46. The number of aromatic nitrogens is 2. The molecule has 0 spiro atoms. The van der Waals surface area contributed by atoms with Gasteiger partial charge in [-0.3, -0.25) is 24.8 Å². The Kier molecular flexibility index (Phi) is 6.58. The number of hydrogen-bond acceptors (Lipinski definition) is 8. The Hall–Kier alpha value is -3.60. The Balaban J connectivity index is 1.54. The fourth-order valence-electron chi connectivity index (χ4n) is 3.91. The molecule has 1 fully saturated rings. The molecule has 1 aliphatic rings. The molecular formula is C24H20ClN5O4S. The van der Waals surface area contributed by atoms with Gasteiger partial charge >= 0.3 is 0 Å². The molecule has 1 saturated heterocycles. The van der Waals surface area contributed by atoms with Crippen molar-refractivity contribution in [2.75, 3.05) is 36.1 Å². The van der Waals surface area contributed by atoms with Gasteiger partial charge in [-0.2, -0.15) is 0 Å². The highest BCUT2D eigenvalue weighted by molar-refractivity contribution is 7.22. The standard InChI is InChI=1S/C24H20ClN5O4S/c25-17-5-6-19-22(14-17)35-24(27-19)29(15-18-3-1-2-8-26-18)23(31)16-4-7-20(21(13-16)30(32)33)28-9-11-34-12-10-28/h1-8,13-14H,9-12,15H2. The van der Waals surface area contributed by atoms with E-state index in [1.807, 2.05) is 17.0 Å². The number of rotatable bonds is 6. The third-order valence-electron chi connectivity index (χ3n) is 5.63. The van der Waals surface area contributed by atoms with Crippen molar-refractivity contribution in [1.29, 1.82) is 0 Å². The Labute approximate surface area is 209 Å². The molecule has 0 N–H and O–H groups in total. The topological polar surface area (TPSA) is 102 Å². The van der Waals surface area contributed by atoms with Gasteiger partial charge in [-0.15, -0.1) is 0 Å². The molecule has 1 amide bonds. The van der Waals surface area contributed by atoms with E-state index in [1.165, 1.54) is 22.3 Å². The van der Waals surface area contributed by atoms with E-state index in [4.69, 9.17) is 16.3 Å². The molecule has 0 radical (unpaired) electrons. The molecule has 1 aliphatic heterocycles. The monoisotopic (exact) mass is 509 g/mol. The van der Waals surface area contributed by atoms with Gasteiger partial charge in [0.05, 0.1) is 40.6 Å². The average molecular weight is 510 g/mol. The number of nitrogens with zero attached hydrogens (tertiary/aromatic N) is 5. The summed E-state index contributed by atoms with van der Waals surface area (Å²) in [5.41, 5.74) is 1.92. The Morgan fingerprint density at radius 1 is 1.17 bits per heavy atom. The number of benzene rings is 2. The van der Waals surface area contributed by atoms with Crippen molar-refractivity contribution in [3.8, 4) is 0 Å². The number of pyridine rings is 1. The van der Waals surface area contributed by atoms with Gasteiger partial charge in [0.15, 0.2) is 5.13 Å². The summed E-state index contributed by atoms with van der Waals surface area (Å²) in [5, 5.41) is 12.9. The minimum atomic E-state index is -0.454. The number of carbonyl (C=O) groups excluding carboxylic acids is 1. The zero-order valence-corrected chi connectivity index (χ0v) is 20.0. The van der Waals surface area contributed by atoms with Crippen LogP contribution in [-0.4, -0.2) is 47.1 Å². The second-order valence-corrected chi connectivity index (χ2v) is 9.33. The number of morpholine rings is 1. The normalized spacial score (nSPS) is 13.7. The van der Waals surface area contributed by atoms with Gasteiger partial charge in [-0.05, 0) is 42.5 Å². The van der Waals surface area contributed by atoms with E-state index in [0.717, 1.165) is 4.70 Å². The van der Waals surface area contributed by atoms with E-state index < -0.39 is 10.8 Å². The van der Waals surface area contributed by atoms with Crippen LogP contribution < -0.4 is 9.80 Å². The molecule has 0 aliphatic carbocycles. The van der Waals surface area contributed by atoms with Crippen LogP contribution in [0.25, 0.3) is 10.2 Å². The lowest BCUT2D eigenvalue weighted by Crippen LogP contribution is -2.36. The summed E-state index contributed by atoms with van der Waals surface area (Å²) in [7, 11) is 0. The van der Waals surface area contributed by atoms with Crippen LogP contribution in [0.1, 0.15) is 16.1 Å². The number of thiazole rings is 1. The van der Waals surface area contributed by atoms with Crippen molar-refractivity contribution in [3.63, 3.8) is 0 Å². The molecule has 0 unspecified atom stereocenters. The quantitative estimate of drug-likeness (QED) is 0.268. The van der Waals surface area contributed by atoms with Gasteiger partial charge in [-0.25, -0.2) is 4.98 Å². The van der Waals surface area contributed by atoms with Crippen LogP contribution in [0, 0.1) is 10.1 Å². The maximum atomic E-state index is 13.7. The van der Waals surface area contributed by atoms with Crippen molar-refractivity contribution >= 4 is 55.6 Å². The fourth-order valence-corrected chi connectivity index (χ4v) is 5.15. The van der Waals surface area contributed by atoms with E-state index in [2.05, 4.69) is 9.97 Å². The number of anilines is 2. The number of nitro groups is 1.